The first kappa shape index (κ1) is 14.9. The molecule has 110 valence electrons. The van der Waals surface area contributed by atoms with E-state index in [9.17, 15) is 9.90 Å². The van der Waals surface area contributed by atoms with Crippen LogP contribution in [-0.2, 0) is 6.54 Å². The smallest absolute Gasteiger partial charge is 0.337 e. The molecule has 0 aliphatic rings. The molecule has 0 saturated carbocycles. The lowest BCUT2D eigenvalue weighted by atomic mass is 10.1. The maximum absolute atomic E-state index is 11.5. The highest BCUT2D eigenvalue weighted by Crippen LogP contribution is 2.26. The Bertz CT molecular complexity index is 624. The highest BCUT2D eigenvalue weighted by molar-refractivity contribution is 5.95. The molecule has 0 radical (unpaired) electrons. The van der Waals surface area contributed by atoms with Gasteiger partial charge in [0.15, 0.2) is 0 Å². The van der Waals surface area contributed by atoms with Crippen LogP contribution in [0.5, 0.6) is 0 Å². The van der Waals surface area contributed by atoms with Crippen molar-refractivity contribution < 1.29 is 9.90 Å². The number of hydrogen-bond donors (Lipinski definition) is 2. The van der Waals surface area contributed by atoms with E-state index >= 15 is 0 Å². The number of carbonyl (C=O) groups is 1. The van der Waals surface area contributed by atoms with E-state index in [-0.39, 0.29) is 11.6 Å². The zero-order valence-electron chi connectivity index (χ0n) is 12.3. The lowest BCUT2D eigenvalue weighted by Crippen LogP contribution is -2.31. The Balaban J connectivity index is 2.41. The van der Waals surface area contributed by atoms with Crippen LogP contribution >= 0.6 is 0 Å². The van der Waals surface area contributed by atoms with Crippen LogP contribution in [0.4, 0.5) is 11.4 Å². The number of aromatic carboxylic acids is 1. The molecule has 0 amide bonds. The van der Waals surface area contributed by atoms with E-state index in [2.05, 4.69) is 4.90 Å². The van der Waals surface area contributed by atoms with Gasteiger partial charge in [0.25, 0.3) is 0 Å². The summed E-state index contributed by atoms with van der Waals surface area (Å²) in [5.74, 6) is -0.962. The van der Waals surface area contributed by atoms with Gasteiger partial charge >= 0.3 is 5.97 Å². The Morgan fingerprint density at radius 2 is 1.86 bits per heavy atom. The molecule has 0 aromatic heterocycles. The fraction of sp³-hybridized carbons (Fsp3) is 0.235. The molecule has 2 aromatic carbocycles. The van der Waals surface area contributed by atoms with E-state index in [1.54, 1.807) is 12.1 Å². The SMILES string of the molecule is CC(C)N(Cc1ccccc1)c1ccc(N)cc1C(=O)O. The minimum absolute atomic E-state index is 0.173. The Hall–Kier alpha value is -2.49. The van der Waals surface area contributed by atoms with Crippen molar-refractivity contribution in [3.63, 3.8) is 0 Å². The lowest BCUT2D eigenvalue weighted by molar-refractivity contribution is 0.0697. The van der Waals surface area contributed by atoms with Crippen LogP contribution in [0.15, 0.2) is 48.5 Å². The topological polar surface area (TPSA) is 66.6 Å². The van der Waals surface area contributed by atoms with E-state index in [0.717, 1.165) is 5.56 Å². The average molecular weight is 284 g/mol. The van der Waals surface area contributed by atoms with Crippen LogP contribution in [-0.4, -0.2) is 17.1 Å². The predicted molar refractivity (Wildman–Crippen MR) is 85.6 cm³/mol. The number of anilines is 2. The summed E-state index contributed by atoms with van der Waals surface area (Å²) in [6, 6.07) is 15.2. The third kappa shape index (κ3) is 3.54. The number of rotatable bonds is 5. The molecule has 0 unspecified atom stereocenters. The van der Waals surface area contributed by atoms with Gasteiger partial charge in [-0.25, -0.2) is 4.79 Å². The molecule has 0 saturated heterocycles. The van der Waals surface area contributed by atoms with Crippen molar-refractivity contribution in [1.82, 2.24) is 0 Å². The van der Waals surface area contributed by atoms with Crippen molar-refractivity contribution in [3.8, 4) is 0 Å². The first-order chi connectivity index (χ1) is 9.99. The maximum atomic E-state index is 11.5. The van der Waals surface area contributed by atoms with Crippen molar-refractivity contribution in [2.75, 3.05) is 10.6 Å². The molecule has 0 fully saturated rings. The van der Waals surface area contributed by atoms with Crippen LogP contribution in [0.2, 0.25) is 0 Å². The molecular formula is C17H20N2O2. The molecule has 4 heteroatoms. The van der Waals surface area contributed by atoms with Crippen molar-refractivity contribution in [2.24, 2.45) is 0 Å². The van der Waals surface area contributed by atoms with E-state index in [0.29, 0.717) is 17.9 Å². The van der Waals surface area contributed by atoms with Gasteiger partial charge in [0.05, 0.1) is 11.3 Å². The van der Waals surface area contributed by atoms with Gasteiger partial charge in [0, 0.05) is 18.3 Å². The third-order valence-corrected chi connectivity index (χ3v) is 3.38. The van der Waals surface area contributed by atoms with E-state index in [4.69, 9.17) is 5.73 Å². The average Bonchev–Trinajstić information content (AvgIpc) is 2.46. The standard InChI is InChI=1S/C17H20N2O2/c1-12(2)19(11-13-6-4-3-5-7-13)16-9-8-14(18)10-15(16)17(20)21/h3-10,12H,11,18H2,1-2H3,(H,20,21). The van der Waals surface area contributed by atoms with Gasteiger partial charge in [-0.2, -0.15) is 0 Å². The first-order valence-electron chi connectivity index (χ1n) is 6.92. The highest BCUT2D eigenvalue weighted by atomic mass is 16.4. The third-order valence-electron chi connectivity index (χ3n) is 3.38. The van der Waals surface area contributed by atoms with Gasteiger partial charge < -0.3 is 15.7 Å². The normalized spacial score (nSPS) is 10.6. The van der Waals surface area contributed by atoms with Gasteiger partial charge in [0.1, 0.15) is 0 Å². The van der Waals surface area contributed by atoms with Crippen LogP contribution in [0.3, 0.4) is 0 Å². The molecular weight excluding hydrogens is 264 g/mol. The molecule has 0 atom stereocenters. The van der Waals surface area contributed by atoms with Gasteiger partial charge in [-0.05, 0) is 37.6 Å². The molecule has 0 aliphatic heterocycles. The fourth-order valence-corrected chi connectivity index (χ4v) is 2.30. The number of carboxylic acids is 1. The molecule has 0 aliphatic carbocycles. The summed E-state index contributed by atoms with van der Waals surface area (Å²) in [5.41, 5.74) is 8.23. The number of carboxylic acid groups (broad SMARTS) is 1. The van der Waals surface area contributed by atoms with Crippen molar-refractivity contribution in [1.29, 1.82) is 0 Å². The molecule has 21 heavy (non-hydrogen) atoms. The molecule has 4 nitrogen and oxygen atoms in total. The predicted octanol–water partition coefficient (Wildman–Crippen LogP) is 3.38. The van der Waals surface area contributed by atoms with E-state index in [1.807, 2.05) is 44.2 Å². The summed E-state index contributed by atoms with van der Waals surface area (Å²) in [7, 11) is 0. The zero-order valence-corrected chi connectivity index (χ0v) is 12.3. The molecule has 2 aromatic rings. The molecule has 3 N–H and O–H groups in total. The monoisotopic (exact) mass is 284 g/mol. The molecule has 0 spiro atoms. The Morgan fingerprint density at radius 1 is 1.19 bits per heavy atom. The number of nitrogens with two attached hydrogens (primary N) is 1. The molecule has 0 bridgehead atoms. The van der Waals surface area contributed by atoms with Crippen molar-refractivity contribution in [3.05, 3.63) is 59.7 Å². The number of benzene rings is 2. The summed E-state index contributed by atoms with van der Waals surface area (Å²) >= 11 is 0. The van der Waals surface area contributed by atoms with Crippen LogP contribution in [0, 0.1) is 0 Å². The maximum Gasteiger partial charge on any atom is 0.337 e. The van der Waals surface area contributed by atoms with Crippen LogP contribution in [0.1, 0.15) is 29.8 Å². The van der Waals surface area contributed by atoms with Gasteiger partial charge in [0.2, 0.25) is 0 Å². The number of hydrogen-bond acceptors (Lipinski definition) is 3. The van der Waals surface area contributed by atoms with Crippen molar-refractivity contribution >= 4 is 17.3 Å². The van der Waals surface area contributed by atoms with E-state index < -0.39 is 5.97 Å². The van der Waals surface area contributed by atoms with Crippen LogP contribution in [0.25, 0.3) is 0 Å². The minimum Gasteiger partial charge on any atom is -0.478 e. The molecule has 2 rings (SSSR count). The minimum atomic E-state index is -0.962. The van der Waals surface area contributed by atoms with E-state index in [1.165, 1.54) is 6.07 Å². The highest BCUT2D eigenvalue weighted by Gasteiger charge is 2.19. The summed E-state index contributed by atoms with van der Waals surface area (Å²) in [6.45, 7) is 4.75. The summed E-state index contributed by atoms with van der Waals surface area (Å²) in [5, 5.41) is 9.40. The second-order valence-corrected chi connectivity index (χ2v) is 5.29. The second-order valence-electron chi connectivity index (χ2n) is 5.29. The fourth-order valence-electron chi connectivity index (χ4n) is 2.30. The Kier molecular flexibility index (Phi) is 4.48. The van der Waals surface area contributed by atoms with Gasteiger partial charge in [-0.1, -0.05) is 30.3 Å². The Labute approximate surface area is 124 Å². The quantitative estimate of drug-likeness (QED) is 0.826. The summed E-state index contributed by atoms with van der Waals surface area (Å²) in [4.78, 5) is 13.5. The summed E-state index contributed by atoms with van der Waals surface area (Å²) in [6.07, 6.45) is 0. The van der Waals surface area contributed by atoms with Crippen LogP contribution < -0.4 is 10.6 Å². The summed E-state index contributed by atoms with van der Waals surface area (Å²) < 4.78 is 0. The largest absolute Gasteiger partial charge is 0.478 e. The van der Waals surface area contributed by atoms with Gasteiger partial charge in [-0.3, -0.25) is 0 Å². The Morgan fingerprint density at radius 3 is 2.43 bits per heavy atom. The lowest BCUT2D eigenvalue weighted by Gasteiger charge is -2.30. The number of nitrogen functional groups attached to an aromatic ring is 1. The van der Waals surface area contributed by atoms with Crippen molar-refractivity contribution in [2.45, 2.75) is 26.4 Å². The second kappa shape index (κ2) is 6.31. The van der Waals surface area contributed by atoms with Gasteiger partial charge in [-0.15, -0.1) is 0 Å². The molecule has 0 heterocycles. The zero-order chi connectivity index (χ0) is 15.4. The number of nitrogens with zero attached hydrogens (tertiary/aromatic N) is 1. The first-order valence-corrected chi connectivity index (χ1v) is 6.92.